The lowest BCUT2D eigenvalue weighted by Crippen LogP contribution is -2.21. The largest absolute Gasteiger partial charge is 0.373 e. The highest BCUT2D eigenvalue weighted by Crippen LogP contribution is 2.12. The van der Waals surface area contributed by atoms with Gasteiger partial charge in [-0.15, -0.1) is 0 Å². The summed E-state index contributed by atoms with van der Waals surface area (Å²) in [5.41, 5.74) is 8.76. The monoisotopic (exact) mass is 256 g/mol. The molecule has 2 aromatic carbocycles. The van der Waals surface area contributed by atoms with E-state index in [1.807, 2.05) is 54.6 Å². The van der Waals surface area contributed by atoms with Gasteiger partial charge in [-0.25, -0.2) is 0 Å². The van der Waals surface area contributed by atoms with Gasteiger partial charge in [-0.05, 0) is 36.2 Å². The summed E-state index contributed by atoms with van der Waals surface area (Å²) >= 11 is 0. The van der Waals surface area contributed by atoms with Crippen LogP contribution in [-0.4, -0.2) is 17.9 Å². The van der Waals surface area contributed by atoms with Gasteiger partial charge in [0.2, 0.25) is 0 Å². The molecule has 0 aliphatic carbocycles. The van der Waals surface area contributed by atoms with Crippen molar-refractivity contribution in [2.24, 2.45) is 5.73 Å². The van der Waals surface area contributed by atoms with Crippen molar-refractivity contribution < 1.29 is 5.11 Å². The fourth-order valence-electron chi connectivity index (χ4n) is 2.02. The first kappa shape index (κ1) is 13.6. The number of aliphatic hydroxyl groups is 1. The standard InChI is InChI=1S/C16H20N2O/c17-11-10-13-6-8-15(9-7-13)18-16(19)12-14-4-2-1-3-5-14/h1-9,16,18-19H,10-12,17H2. The Hall–Kier alpha value is -1.84. The minimum absolute atomic E-state index is 0.581. The molecule has 1 unspecified atom stereocenters. The van der Waals surface area contributed by atoms with Crippen LogP contribution in [0.3, 0.4) is 0 Å². The average molecular weight is 256 g/mol. The van der Waals surface area contributed by atoms with E-state index in [1.54, 1.807) is 0 Å². The van der Waals surface area contributed by atoms with Crippen LogP contribution in [0.25, 0.3) is 0 Å². The van der Waals surface area contributed by atoms with Gasteiger partial charge in [-0.2, -0.15) is 0 Å². The van der Waals surface area contributed by atoms with E-state index >= 15 is 0 Å². The van der Waals surface area contributed by atoms with Gasteiger partial charge in [-0.3, -0.25) is 0 Å². The van der Waals surface area contributed by atoms with Crippen LogP contribution < -0.4 is 11.1 Å². The third kappa shape index (κ3) is 4.39. The van der Waals surface area contributed by atoms with Crippen molar-refractivity contribution in [3.8, 4) is 0 Å². The second-order valence-electron chi connectivity index (χ2n) is 4.59. The number of rotatable bonds is 6. The number of nitrogens with one attached hydrogen (secondary N) is 1. The molecule has 0 radical (unpaired) electrons. The Morgan fingerprint density at radius 2 is 1.63 bits per heavy atom. The van der Waals surface area contributed by atoms with Crippen LogP contribution in [0, 0.1) is 0 Å². The molecule has 0 amide bonds. The number of benzene rings is 2. The molecule has 0 aliphatic rings. The number of nitrogens with two attached hydrogens (primary N) is 1. The van der Waals surface area contributed by atoms with Crippen LogP contribution >= 0.6 is 0 Å². The van der Waals surface area contributed by atoms with E-state index in [0.29, 0.717) is 13.0 Å². The molecular weight excluding hydrogens is 236 g/mol. The lowest BCUT2D eigenvalue weighted by molar-refractivity contribution is 0.204. The molecule has 2 rings (SSSR count). The summed E-state index contributed by atoms with van der Waals surface area (Å²) < 4.78 is 0. The minimum Gasteiger partial charge on any atom is -0.373 e. The molecule has 0 aromatic heterocycles. The highest BCUT2D eigenvalue weighted by atomic mass is 16.3. The summed E-state index contributed by atoms with van der Waals surface area (Å²) in [6, 6.07) is 17.9. The number of aliphatic hydroxyl groups excluding tert-OH is 1. The van der Waals surface area contributed by atoms with Gasteiger partial charge >= 0.3 is 0 Å². The second kappa shape index (κ2) is 6.92. The molecule has 0 heterocycles. The summed E-state index contributed by atoms with van der Waals surface area (Å²) in [5.74, 6) is 0. The normalized spacial score (nSPS) is 12.1. The second-order valence-corrected chi connectivity index (χ2v) is 4.59. The zero-order chi connectivity index (χ0) is 13.5. The molecule has 4 N–H and O–H groups in total. The van der Waals surface area contributed by atoms with Crippen LogP contribution in [0.15, 0.2) is 54.6 Å². The van der Waals surface area contributed by atoms with Gasteiger partial charge in [0.1, 0.15) is 6.23 Å². The molecule has 1 atom stereocenters. The van der Waals surface area contributed by atoms with E-state index in [4.69, 9.17) is 5.73 Å². The van der Waals surface area contributed by atoms with E-state index in [1.165, 1.54) is 5.56 Å². The Morgan fingerprint density at radius 1 is 0.947 bits per heavy atom. The zero-order valence-corrected chi connectivity index (χ0v) is 10.9. The maximum Gasteiger partial charge on any atom is 0.128 e. The zero-order valence-electron chi connectivity index (χ0n) is 10.9. The smallest absolute Gasteiger partial charge is 0.128 e. The van der Waals surface area contributed by atoms with E-state index in [2.05, 4.69) is 5.32 Å². The van der Waals surface area contributed by atoms with Gasteiger partial charge in [0.15, 0.2) is 0 Å². The molecule has 0 aliphatic heterocycles. The Kier molecular flexibility index (Phi) is 4.95. The number of hydrogen-bond donors (Lipinski definition) is 3. The summed E-state index contributed by atoms with van der Waals surface area (Å²) in [4.78, 5) is 0. The Bertz CT molecular complexity index is 482. The van der Waals surface area contributed by atoms with Gasteiger partial charge < -0.3 is 16.2 Å². The third-order valence-corrected chi connectivity index (χ3v) is 2.99. The van der Waals surface area contributed by atoms with E-state index in [0.717, 1.165) is 17.7 Å². The quantitative estimate of drug-likeness (QED) is 0.694. The van der Waals surface area contributed by atoms with E-state index in [-0.39, 0.29) is 0 Å². The van der Waals surface area contributed by atoms with Crippen molar-refractivity contribution in [3.05, 3.63) is 65.7 Å². The van der Waals surface area contributed by atoms with Gasteiger partial charge in [0, 0.05) is 12.1 Å². The topological polar surface area (TPSA) is 58.3 Å². The SMILES string of the molecule is NCCc1ccc(NC(O)Cc2ccccc2)cc1. The molecule has 0 bridgehead atoms. The first-order chi connectivity index (χ1) is 9.28. The van der Waals surface area contributed by atoms with E-state index < -0.39 is 6.23 Å². The van der Waals surface area contributed by atoms with Crippen molar-refractivity contribution >= 4 is 5.69 Å². The first-order valence-electron chi connectivity index (χ1n) is 6.55. The number of hydrogen-bond acceptors (Lipinski definition) is 3. The van der Waals surface area contributed by atoms with Crippen LogP contribution in [0.4, 0.5) is 5.69 Å². The summed E-state index contributed by atoms with van der Waals surface area (Å²) in [7, 11) is 0. The van der Waals surface area contributed by atoms with E-state index in [9.17, 15) is 5.11 Å². The van der Waals surface area contributed by atoms with Crippen LogP contribution in [0.5, 0.6) is 0 Å². The molecule has 0 saturated carbocycles. The molecule has 19 heavy (non-hydrogen) atoms. The van der Waals surface area contributed by atoms with Crippen molar-refractivity contribution in [2.75, 3.05) is 11.9 Å². The van der Waals surface area contributed by atoms with Crippen LogP contribution in [-0.2, 0) is 12.8 Å². The Morgan fingerprint density at radius 3 is 2.26 bits per heavy atom. The third-order valence-electron chi connectivity index (χ3n) is 2.99. The lowest BCUT2D eigenvalue weighted by Gasteiger charge is -2.14. The fourth-order valence-corrected chi connectivity index (χ4v) is 2.02. The minimum atomic E-state index is -0.581. The molecule has 3 nitrogen and oxygen atoms in total. The van der Waals surface area contributed by atoms with Gasteiger partial charge in [0.05, 0.1) is 0 Å². The van der Waals surface area contributed by atoms with Crippen LogP contribution in [0.2, 0.25) is 0 Å². The van der Waals surface area contributed by atoms with Crippen LogP contribution in [0.1, 0.15) is 11.1 Å². The molecule has 2 aromatic rings. The molecule has 3 heteroatoms. The molecule has 100 valence electrons. The number of anilines is 1. The molecule has 0 saturated heterocycles. The van der Waals surface area contributed by atoms with Crippen molar-refractivity contribution in [1.29, 1.82) is 0 Å². The Labute approximate surface area is 114 Å². The van der Waals surface area contributed by atoms with Gasteiger partial charge in [-0.1, -0.05) is 42.5 Å². The van der Waals surface area contributed by atoms with Crippen molar-refractivity contribution in [2.45, 2.75) is 19.1 Å². The summed E-state index contributed by atoms with van der Waals surface area (Å²) in [6.45, 7) is 0.656. The maximum atomic E-state index is 10.00. The predicted molar refractivity (Wildman–Crippen MR) is 79.0 cm³/mol. The predicted octanol–water partition coefficient (Wildman–Crippen LogP) is 2.16. The van der Waals surface area contributed by atoms with Crippen molar-refractivity contribution in [3.63, 3.8) is 0 Å². The molecule has 0 fully saturated rings. The lowest BCUT2D eigenvalue weighted by atomic mass is 10.1. The summed E-state index contributed by atoms with van der Waals surface area (Å²) in [6.07, 6.45) is 0.890. The first-order valence-corrected chi connectivity index (χ1v) is 6.55. The van der Waals surface area contributed by atoms with Crippen molar-refractivity contribution in [1.82, 2.24) is 0 Å². The van der Waals surface area contributed by atoms with Gasteiger partial charge in [0.25, 0.3) is 0 Å². The molecule has 0 spiro atoms. The highest BCUT2D eigenvalue weighted by Gasteiger charge is 2.04. The maximum absolute atomic E-state index is 10.00. The Balaban J connectivity index is 1.89. The average Bonchev–Trinajstić information content (AvgIpc) is 2.42. The summed E-state index contributed by atoms with van der Waals surface area (Å²) in [5, 5.41) is 13.1. The molecular formula is C16H20N2O. The highest BCUT2D eigenvalue weighted by molar-refractivity contribution is 5.45. The fraction of sp³-hybridized carbons (Fsp3) is 0.250.